The number of likely N-dealkylation sites (tertiary alicyclic amines) is 1. The summed E-state index contributed by atoms with van der Waals surface area (Å²) in [4.78, 5) is 30.1. The molecule has 3 aromatic carbocycles. The largest absolute Gasteiger partial charge is 0.339 e. The minimum Gasteiger partial charge on any atom is -0.339 e. The first-order valence-electron chi connectivity index (χ1n) is 11.6. The number of piperidine rings is 1. The molecule has 0 bridgehead atoms. The average Bonchev–Trinajstić information content (AvgIpc) is 3.16. The Morgan fingerprint density at radius 2 is 1.70 bits per heavy atom. The normalized spacial score (nSPS) is 18.1. The van der Waals surface area contributed by atoms with Crippen molar-refractivity contribution in [2.75, 3.05) is 31.2 Å². The molecule has 2 heterocycles. The van der Waals surface area contributed by atoms with Gasteiger partial charge in [-0.05, 0) is 66.9 Å². The van der Waals surface area contributed by atoms with E-state index in [0.29, 0.717) is 18.1 Å². The summed E-state index contributed by atoms with van der Waals surface area (Å²) in [5.74, 6) is 0.307. The number of hydrogen-bond donors (Lipinski definition) is 1. The minimum absolute atomic E-state index is 0.114. The summed E-state index contributed by atoms with van der Waals surface area (Å²) in [6, 6.07) is 21.8. The molecule has 0 radical (unpaired) electrons. The lowest BCUT2D eigenvalue weighted by Gasteiger charge is -2.43. The highest BCUT2D eigenvalue weighted by molar-refractivity contribution is 6.30. The summed E-state index contributed by atoms with van der Waals surface area (Å²) in [6.07, 6.45) is 2.92. The third-order valence-corrected chi connectivity index (χ3v) is 7.36. The number of carbonyl (C=O) groups is 2. The second-order valence-electron chi connectivity index (χ2n) is 9.03. The number of hydrogen-bond acceptors (Lipinski definition) is 4. The molecule has 2 aliphatic heterocycles. The van der Waals surface area contributed by atoms with E-state index in [0.717, 1.165) is 60.9 Å². The summed E-state index contributed by atoms with van der Waals surface area (Å²) < 4.78 is 0. The van der Waals surface area contributed by atoms with Gasteiger partial charge in [0, 0.05) is 35.8 Å². The lowest BCUT2D eigenvalue weighted by molar-refractivity contribution is -0.125. The van der Waals surface area contributed by atoms with Crippen molar-refractivity contribution in [2.24, 2.45) is 0 Å². The van der Waals surface area contributed by atoms with Crippen LogP contribution in [0.3, 0.4) is 0 Å². The van der Waals surface area contributed by atoms with Gasteiger partial charge in [-0.1, -0.05) is 48.0 Å². The summed E-state index contributed by atoms with van der Waals surface area (Å²) in [7, 11) is 0. The zero-order valence-corrected chi connectivity index (χ0v) is 19.4. The number of halogens is 1. The predicted octanol–water partition coefficient (Wildman–Crippen LogP) is 4.88. The van der Waals surface area contributed by atoms with Gasteiger partial charge >= 0.3 is 0 Å². The number of nitrogens with zero attached hydrogens (tertiary/aromatic N) is 2. The number of benzene rings is 3. The predicted molar refractivity (Wildman–Crippen MR) is 133 cm³/mol. The van der Waals surface area contributed by atoms with Gasteiger partial charge in [0.1, 0.15) is 5.54 Å². The van der Waals surface area contributed by atoms with Crippen molar-refractivity contribution in [3.05, 3.63) is 77.3 Å². The van der Waals surface area contributed by atoms with Gasteiger partial charge < -0.3 is 15.1 Å². The van der Waals surface area contributed by atoms with Crippen LogP contribution in [0.1, 0.15) is 36.0 Å². The number of carbonyl (C=O) groups excluding carboxylic acids is 2. The Morgan fingerprint density at radius 3 is 2.45 bits per heavy atom. The fourth-order valence-corrected chi connectivity index (χ4v) is 5.29. The number of amides is 1. The number of Topliss-reactive ketones (excluding diaryl/α,β-unsaturated/α-hetero) is 1. The van der Waals surface area contributed by atoms with Crippen LogP contribution in [0, 0.1) is 0 Å². The molecule has 33 heavy (non-hydrogen) atoms. The molecular weight excluding hydrogens is 434 g/mol. The molecule has 2 fully saturated rings. The van der Waals surface area contributed by atoms with E-state index in [4.69, 9.17) is 11.6 Å². The third-order valence-electron chi connectivity index (χ3n) is 7.11. The van der Waals surface area contributed by atoms with E-state index in [9.17, 15) is 9.59 Å². The number of nitrogens with one attached hydrogen (secondary N) is 1. The Bertz CT molecular complexity index is 1170. The topological polar surface area (TPSA) is 52.7 Å². The first-order valence-corrected chi connectivity index (χ1v) is 12.0. The van der Waals surface area contributed by atoms with Crippen molar-refractivity contribution in [2.45, 2.75) is 31.2 Å². The van der Waals surface area contributed by atoms with E-state index >= 15 is 0 Å². The second kappa shape index (κ2) is 9.16. The van der Waals surface area contributed by atoms with Crippen molar-refractivity contribution < 1.29 is 9.59 Å². The molecule has 1 N–H and O–H groups in total. The lowest BCUT2D eigenvalue weighted by Crippen LogP contribution is -2.56. The molecule has 5 nitrogen and oxygen atoms in total. The molecule has 0 aliphatic carbocycles. The molecule has 0 unspecified atom stereocenters. The fourth-order valence-electron chi connectivity index (χ4n) is 5.16. The van der Waals surface area contributed by atoms with Gasteiger partial charge in [0.05, 0.1) is 6.67 Å². The average molecular weight is 462 g/mol. The Labute approximate surface area is 199 Å². The summed E-state index contributed by atoms with van der Waals surface area (Å²) in [5.41, 5.74) is 1.31. The molecule has 1 amide bonds. The molecular formula is C27H28ClN3O2. The van der Waals surface area contributed by atoms with Crippen LogP contribution in [0.4, 0.5) is 5.69 Å². The van der Waals surface area contributed by atoms with Crippen molar-refractivity contribution in [3.63, 3.8) is 0 Å². The summed E-state index contributed by atoms with van der Waals surface area (Å²) in [5, 5.41) is 5.99. The molecule has 6 heteroatoms. The zero-order valence-electron chi connectivity index (χ0n) is 18.6. The molecule has 5 rings (SSSR count). The smallest absolute Gasteiger partial charge is 0.247 e. The number of ketones is 1. The molecule has 0 aromatic heterocycles. The maximum absolute atomic E-state index is 12.8. The molecule has 2 aliphatic rings. The van der Waals surface area contributed by atoms with Crippen molar-refractivity contribution in [1.29, 1.82) is 0 Å². The molecule has 0 atom stereocenters. The van der Waals surface area contributed by atoms with Crippen molar-refractivity contribution in [1.82, 2.24) is 10.2 Å². The Hall–Kier alpha value is -2.89. The zero-order chi connectivity index (χ0) is 22.8. The van der Waals surface area contributed by atoms with Crippen LogP contribution in [0.15, 0.2) is 66.7 Å². The number of fused-ring (bicyclic) bond motifs is 1. The van der Waals surface area contributed by atoms with Crippen molar-refractivity contribution in [3.8, 4) is 0 Å². The maximum Gasteiger partial charge on any atom is 0.247 e. The highest BCUT2D eigenvalue weighted by Crippen LogP contribution is 2.36. The molecule has 2 saturated heterocycles. The number of anilines is 1. The van der Waals surface area contributed by atoms with E-state index in [2.05, 4.69) is 21.2 Å². The van der Waals surface area contributed by atoms with E-state index < -0.39 is 5.54 Å². The van der Waals surface area contributed by atoms with Crippen molar-refractivity contribution >= 4 is 39.8 Å². The first kappa shape index (κ1) is 21.9. The summed E-state index contributed by atoms with van der Waals surface area (Å²) in [6.45, 7) is 3.10. The van der Waals surface area contributed by atoms with Crippen LogP contribution in [0.25, 0.3) is 10.8 Å². The van der Waals surface area contributed by atoms with E-state index in [-0.39, 0.29) is 11.7 Å². The first-order chi connectivity index (χ1) is 16.0. The quantitative estimate of drug-likeness (QED) is 0.531. The standard InChI is InChI=1S/C27H28ClN3O2/c28-23-9-11-24(12-10-23)31-19-29-26(33)27(31)13-16-30(17-14-27)15-3-6-25(32)22-8-7-20-4-1-2-5-21(20)18-22/h1-2,4-5,7-12,18H,3,6,13-17,19H2,(H,29,33). The van der Waals surface area contributed by atoms with Gasteiger partial charge in [-0.25, -0.2) is 0 Å². The van der Waals surface area contributed by atoms with Crippen LogP contribution in [0.5, 0.6) is 0 Å². The van der Waals surface area contributed by atoms with E-state index in [1.54, 1.807) is 0 Å². The minimum atomic E-state index is -0.495. The van der Waals surface area contributed by atoms with Gasteiger partial charge in [0.2, 0.25) is 5.91 Å². The monoisotopic (exact) mass is 461 g/mol. The van der Waals surface area contributed by atoms with E-state index in [1.807, 2.05) is 60.7 Å². The third kappa shape index (κ3) is 4.35. The van der Waals surface area contributed by atoms with Gasteiger partial charge in [-0.2, -0.15) is 0 Å². The molecule has 1 spiro atoms. The van der Waals surface area contributed by atoms with Gasteiger partial charge in [-0.15, -0.1) is 0 Å². The maximum atomic E-state index is 12.8. The van der Waals surface area contributed by atoms with Crippen LogP contribution in [-0.2, 0) is 4.79 Å². The van der Waals surface area contributed by atoms with Crippen LogP contribution >= 0.6 is 11.6 Å². The molecule has 170 valence electrons. The Kier molecular flexibility index (Phi) is 6.09. The Balaban J connectivity index is 1.16. The molecule has 3 aromatic rings. The molecule has 0 saturated carbocycles. The van der Waals surface area contributed by atoms with Crippen LogP contribution in [0.2, 0.25) is 5.02 Å². The highest BCUT2D eigenvalue weighted by atomic mass is 35.5. The van der Waals surface area contributed by atoms with Gasteiger partial charge in [0.15, 0.2) is 5.78 Å². The second-order valence-corrected chi connectivity index (χ2v) is 9.47. The fraction of sp³-hybridized carbons (Fsp3) is 0.333. The summed E-state index contributed by atoms with van der Waals surface area (Å²) >= 11 is 6.05. The lowest BCUT2D eigenvalue weighted by atomic mass is 9.85. The number of rotatable bonds is 6. The Morgan fingerprint density at radius 1 is 0.970 bits per heavy atom. The van der Waals surface area contributed by atoms with Gasteiger partial charge in [0.25, 0.3) is 0 Å². The van der Waals surface area contributed by atoms with Crippen LogP contribution < -0.4 is 10.2 Å². The van der Waals surface area contributed by atoms with Gasteiger partial charge in [-0.3, -0.25) is 9.59 Å². The SMILES string of the molecule is O=C(CCCN1CCC2(CC1)C(=O)NCN2c1ccc(Cl)cc1)c1ccc2ccccc2c1. The van der Waals surface area contributed by atoms with Crippen LogP contribution in [-0.4, -0.2) is 48.4 Å². The highest BCUT2D eigenvalue weighted by Gasteiger charge is 2.50. The van der Waals surface area contributed by atoms with E-state index in [1.165, 1.54) is 0 Å².